The second-order valence-corrected chi connectivity index (χ2v) is 4.28. The number of aliphatic hydroxyl groups excluding tert-OH is 1. The molecule has 0 unspecified atom stereocenters. The lowest BCUT2D eigenvalue weighted by Crippen LogP contribution is -2.15. The quantitative estimate of drug-likeness (QED) is 0.870. The lowest BCUT2D eigenvalue weighted by atomic mass is 10.1. The number of nitrogens with zero attached hydrogens (tertiary/aromatic N) is 1. The second-order valence-electron chi connectivity index (χ2n) is 4.28. The topological polar surface area (TPSA) is 71.5 Å². The summed E-state index contributed by atoms with van der Waals surface area (Å²) in [5.74, 6) is 1.09. The van der Waals surface area contributed by atoms with E-state index in [0.717, 1.165) is 11.3 Å². The fraction of sp³-hybridized carbons (Fsp3) is 0.200. The van der Waals surface area contributed by atoms with Gasteiger partial charge in [-0.25, -0.2) is 4.98 Å². The number of benzene rings is 1. The number of methoxy groups -OCH3 is 1. The van der Waals surface area contributed by atoms with E-state index in [1.807, 2.05) is 24.3 Å². The third kappa shape index (κ3) is 3.80. The van der Waals surface area contributed by atoms with Crippen LogP contribution in [0, 0.1) is 0 Å². The van der Waals surface area contributed by atoms with E-state index in [4.69, 9.17) is 9.84 Å². The molecule has 0 radical (unpaired) electrons. The Kier molecular flexibility index (Phi) is 4.68. The number of pyridine rings is 1. The molecule has 1 amide bonds. The van der Waals surface area contributed by atoms with Gasteiger partial charge in [-0.1, -0.05) is 18.2 Å². The number of aromatic nitrogens is 1. The van der Waals surface area contributed by atoms with E-state index < -0.39 is 0 Å². The van der Waals surface area contributed by atoms with Gasteiger partial charge in [0.2, 0.25) is 5.91 Å². The fourth-order valence-corrected chi connectivity index (χ4v) is 1.71. The zero-order valence-corrected chi connectivity index (χ0v) is 11.2. The molecule has 1 aromatic heterocycles. The van der Waals surface area contributed by atoms with E-state index in [-0.39, 0.29) is 18.9 Å². The van der Waals surface area contributed by atoms with Crippen LogP contribution >= 0.6 is 0 Å². The van der Waals surface area contributed by atoms with Gasteiger partial charge in [0.1, 0.15) is 11.6 Å². The zero-order chi connectivity index (χ0) is 14.4. The highest BCUT2D eigenvalue weighted by molar-refractivity contribution is 5.91. The molecule has 5 heteroatoms. The Morgan fingerprint density at radius 3 is 2.45 bits per heavy atom. The van der Waals surface area contributed by atoms with E-state index in [0.29, 0.717) is 11.4 Å². The minimum atomic E-state index is -0.139. The van der Waals surface area contributed by atoms with Crippen molar-refractivity contribution in [3.63, 3.8) is 0 Å². The Balaban J connectivity index is 1.93. The van der Waals surface area contributed by atoms with Crippen LogP contribution in [0.2, 0.25) is 0 Å². The fourth-order valence-electron chi connectivity index (χ4n) is 1.71. The molecule has 2 rings (SSSR count). The Morgan fingerprint density at radius 1 is 1.20 bits per heavy atom. The van der Waals surface area contributed by atoms with Crippen molar-refractivity contribution < 1.29 is 14.6 Å². The summed E-state index contributed by atoms with van der Waals surface area (Å²) in [6.45, 7) is -0.0624. The maximum atomic E-state index is 11.9. The van der Waals surface area contributed by atoms with Crippen LogP contribution in [0.25, 0.3) is 0 Å². The summed E-state index contributed by atoms with van der Waals surface area (Å²) in [6, 6.07) is 10.7. The van der Waals surface area contributed by atoms with Crippen LogP contribution in [0.15, 0.2) is 42.6 Å². The smallest absolute Gasteiger partial charge is 0.229 e. The van der Waals surface area contributed by atoms with E-state index in [1.165, 1.54) is 6.20 Å². The van der Waals surface area contributed by atoms with Gasteiger partial charge in [-0.2, -0.15) is 0 Å². The molecule has 1 heterocycles. The van der Waals surface area contributed by atoms with Gasteiger partial charge in [-0.3, -0.25) is 4.79 Å². The number of rotatable bonds is 5. The van der Waals surface area contributed by atoms with Gasteiger partial charge in [0.05, 0.1) is 20.1 Å². The van der Waals surface area contributed by atoms with Crippen molar-refractivity contribution >= 4 is 11.7 Å². The molecule has 5 nitrogen and oxygen atoms in total. The van der Waals surface area contributed by atoms with Gasteiger partial charge in [0, 0.05) is 6.20 Å². The van der Waals surface area contributed by atoms with Crippen molar-refractivity contribution in [3.8, 4) is 5.75 Å². The van der Waals surface area contributed by atoms with Crippen LogP contribution in [0.4, 0.5) is 5.82 Å². The van der Waals surface area contributed by atoms with Crippen LogP contribution in [-0.4, -0.2) is 23.1 Å². The number of nitrogens with one attached hydrogen (secondary N) is 1. The highest BCUT2D eigenvalue weighted by Crippen LogP contribution is 2.12. The second kappa shape index (κ2) is 6.68. The number of hydrogen-bond acceptors (Lipinski definition) is 4. The minimum absolute atomic E-state index is 0.0624. The first kappa shape index (κ1) is 14.0. The van der Waals surface area contributed by atoms with E-state index >= 15 is 0 Å². The minimum Gasteiger partial charge on any atom is -0.497 e. The summed E-state index contributed by atoms with van der Waals surface area (Å²) in [5.41, 5.74) is 1.61. The Bertz CT molecular complexity index is 513. The SMILES string of the molecule is COc1ccc(CC(=O)Nc2ccc(CO)cn2)cc1. The monoisotopic (exact) mass is 272 g/mol. The largest absolute Gasteiger partial charge is 0.497 e. The van der Waals surface area contributed by atoms with Gasteiger partial charge in [0.15, 0.2) is 0 Å². The molecule has 0 saturated heterocycles. The number of aliphatic hydroxyl groups is 1. The Labute approximate surface area is 117 Å². The standard InChI is InChI=1S/C15H16N2O3/c1-20-13-5-2-11(3-6-13)8-15(19)17-14-7-4-12(10-18)9-16-14/h2-7,9,18H,8,10H2,1H3,(H,16,17,19). The highest BCUT2D eigenvalue weighted by Gasteiger charge is 2.05. The lowest BCUT2D eigenvalue weighted by molar-refractivity contribution is -0.115. The summed E-state index contributed by atoms with van der Waals surface area (Å²) >= 11 is 0. The Morgan fingerprint density at radius 2 is 1.90 bits per heavy atom. The Hall–Kier alpha value is -2.40. The predicted octanol–water partition coefficient (Wildman–Crippen LogP) is 1.76. The molecule has 0 fully saturated rings. The van der Waals surface area contributed by atoms with Gasteiger partial charge in [0.25, 0.3) is 0 Å². The average molecular weight is 272 g/mol. The number of ether oxygens (including phenoxy) is 1. The molecule has 0 saturated carbocycles. The predicted molar refractivity (Wildman–Crippen MR) is 75.5 cm³/mol. The molecular formula is C15H16N2O3. The van der Waals surface area contributed by atoms with Crippen molar-refractivity contribution in [1.82, 2.24) is 4.98 Å². The molecule has 0 spiro atoms. The first-order valence-electron chi connectivity index (χ1n) is 6.20. The zero-order valence-electron chi connectivity index (χ0n) is 11.2. The van der Waals surface area contributed by atoms with Crippen LogP contribution in [0.3, 0.4) is 0 Å². The van der Waals surface area contributed by atoms with Gasteiger partial charge >= 0.3 is 0 Å². The molecule has 1 aromatic carbocycles. The van der Waals surface area contributed by atoms with Crippen molar-refractivity contribution in [2.75, 3.05) is 12.4 Å². The number of amides is 1. The maximum Gasteiger partial charge on any atom is 0.229 e. The first-order valence-corrected chi connectivity index (χ1v) is 6.20. The summed E-state index contributed by atoms with van der Waals surface area (Å²) < 4.78 is 5.06. The van der Waals surface area contributed by atoms with Crippen LogP contribution in [0.1, 0.15) is 11.1 Å². The molecule has 0 atom stereocenters. The molecule has 20 heavy (non-hydrogen) atoms. The van der Waals surface area contributed by atoms with Crippen molar-refractivity contribution in [2.24, 2.45) is 0 Å². The van der Waals surface area contributed by atoms with Crippen LogP contribution < -0.4 is 10.1 Å². The maximum absolute atomic E-state index is 11.9. The summed E-state index contributed by atoms with van der Waals surface area (Å²) in [7, 11) is 1.60. The van der Waals surface area contributed by atoms with E-state index in [1.54, 1.807) is 19.2 Å². The van der Waals surface area contributed by atoms with E-state index in [9.17, 15) is 4.79 Å². The third-order valence-electron chi connectivity index (χ3n) is 2.80. The number of carbonyl (C=O) groups is 1. The normalized spacial score (nSPS) is 10.1. The molecular weight excluding hydrogens is 256 g/mol. The molecule has 0 aliphatic carbocycles. The lowest BCUT2D eigenvalue weighted by Gasteiger charge is -2.06. The first-order chi connectivity index (χ1) is 9.71. The van der Waals surface area contributed by atoms with Crippen LogP contribution in [-0.2, 0) is 17.8 Å². The molecule has 2 aromatic rings. The highest BCUT2D eigenvalue weighted by atomic mass is 16.5. The van der Waals surface area contributed by atoms with Gasteiger partial charge < -0.3 is 15.2 Å². The van der Waals surface area contributed by atoms with Crippen molar-refractivity contribution in [3.05, 3.63) is 53.7 Å². The molecule has 0 bridgehead atoms. The molecule has 0 aliphatic heterocycles. The van der Waals surface area contributed by atoms with Gasteiger partial charge in [-0.05, 0) is 29.3 Å². The molecule has 0 aliphatic rings. The van der Waals surface area contributed by atoms with E-state index in [2.05, 4.69) is 10.3 Å². The summed E-state index contributed by atoms with van der Waals surface area (Å²) in [4.78, 5) is 15.9. The molecule has 104 valence electrons. The van der Waals surface area contributed by atoms with Crippen molar-refractivity contribution in [1.29, 1.82) is 0 Å². The number of hydrogen-bond donors (Lipinski definition) is 2. The van der Waals surface area contributed by atoms with Gasteiger partial charge in [-0.15, -0.1) is 0 Å². The third-order valence-corrected chi connectivity index (χ3v) is 2.80. The summed E-state index contributed by atoms with van der Waals surface area (Å²) in [6.07, 6.45) is 1.80. The number of anilines is 1. The van der Waals surface area contributed by atoms with Crippen LogP contribution in [0.5, 0.6) is 5.75 Å². The molecule has 2 N–H and O–H groups in total. The number of carbonyl (C=O) groups excluding carboxylic acids is 1. The van der Waals surface area contributed by atoms with Crippen molar-refractivity contribution in [2.45, 2.75) is 13.0 Å². The summed E-state index contributed by atoms with van der Waals surface area (Å²) in [5, 5.41) is 11.6. The average Bonchev–Trinajstić information content (AvgIpc) is 2.49.